The molecule has 2 aliphatic heterocycles. The number of nitrogens with one attached hydrogen (secondary N) is 2. The van der Waals surface area contributed by atoms with Crippen molar-refractivity contribution in [1.82, 2.24) is 4.90 Å². The number of nitrogens with zero attached hydrogens (tertiary/aromatic N) is 1. The summed E-state index contributed by atoms with van der Waals surface area (Å²) in [5, 5.41) is 5.73. The summed E-state index contributed by atoms with van der Waals surface area (Å²) in [5.74, 6) is 0.935. The van der Waals surface area contributed by atoms with E-state index in [0.717, 1.165) is 43.4 Å². The van der Waals surface area contributed by atoms with Crippen LogP contribution in [0.15, 0.2) is 42.5 Å². The molecule has 3 aliphatic rings. The minimum Gasteiger partial charge on any atom is -0.482 e. The van der Waals surface area contributed by atoms with Crippen molar-refractivity contribution in [3.05, 3.63) is 53.6 Å². The molecule has 2 aromatic rings. The summed E-state index contributed by atoms with van der Waals surface area (Å²) in [6, 6.07) is 13.1. The van der Waals surface area contributed by atoms with Crippen LogP contribution in [0, 0.1) is 11.8 Å². The Morgan fingerprint density at radius 2 is 1.90 bits per heavy atom. The predicted octanol–water partition coefficient (Wildman–Crippen LogP) is 3.42. The minimum absolute atomic E-state index is 0.0149. The number of carbonyl (C=O) groups excluding carboxylic acids is 3. The topological polar surface area (TPSA) is 87.7 Å². The molecule has 5 rings (SSSR count). The van der Waals surface area contributed by atoms with E-state index in [1.54, 1.807) is 18.2 Å². The second-order valence-electron chi connectivity index (χ2n) is 8.60. The second-order valence-corrected chi connectivity index (χ2v) is 8.60. The highest BCUT2D eigenvalue weighted by molar-refractivity contribution is 5.98. The highest BCUT2D eigenvalue weighted by Crippen LogP contribution is 2.34. The van der Waals surface area contributed by atoms with Gasteiger partial charge in [0.05, 0.1) is 5.69 Å². The van der Waals surface area contributed by atoms with Gasteiger partial charge in [0.1, 0.15) is 5.75 Å². The Morgan fingerprint density at radius 3 is 2.71 bits per heavy atom. The number of hydrogen-bond donors (Lipinski definition) is 2. The van der Waals surface area contributed by atoms with Crippen molar-refractivity contribution in [2.45, 2.75) is 32.2 Å². The average Bonchev–Trinajstić information content (AvgIpc) is 3.10. The lowest BCUT2D eigenvalue weighted by Crippen LogP contribution is -2.34. The van der Waals surface area contributed by atoms with Crippen molar-refractivity contribution in [2.24, 2.45) is 11.8 Å². The van der Waals surface area contributed by atoms with Crippen molar-refractivity contribution >= 4 is 29.1 Å². The standard InChI is InChI=1S/C24H25N3O4/c28-22-14-31-21-11-18(9-10-20(21)26-22)25-23(29)16-7-5-15(6-8-16)12-27-13-17-3-1-2-4-19(17)24(27)30/h1-4,9-11,15-16H,5-8,12-14H2,(H,25,29)(H,26,28). The summed E-state index contributed by atoms with van der Waals surface area (Å²) in [7, 11) is 0. The van der Waals surface area contributed by atoms with Crippen LogP contribution in [0.2, 0.25) is 0 Å². The van der Waals surface area contributed by atoms with Crippen molar-refractivity contribution in [3.8, 4) is 5.75 Å². The SMILES string of the molecule is O=C1COc2cc(NC(=O)C3CCC(CN4Cc5ccccc5C4=O)CC3)ccc2N1. The van der Waals surface area contributed by atoms with Crippen LogP contribution in [0.5, 0.6) is 5.75 Å². The van der Waals surface area contributed by atoms with Crippen LogP contribution in [-0.4, -0.2) is 35.8 Å². The van der Waals surface area contributed by atoms with Crippen molar-refractivity contribution in [1.29, 1.82) is 0 Å². The molecule has 0 radical (unpaired) electrons. The first-order valence-corrected chi connectivity index (χ1v) is 10.8. The van der Waals surface area contributed by atoms with Crippen LogP contribution in [0.25, 0.3) is 0 Å². The molecule has 1 fully saturated rings. The van der Waals surface area contributed by atoms with Crippen molar-refractivity contribution in [3.63, 3.8) is 0 Å². The Morgan fingerprint density at radius 1 is 1.10 bits per heavy atom. The van der Waals surface area contributed by atoms with E-state index in [9.17, 15) is 14.4 Å². The lowest BCUT2D eigenvalue weighted by Gasteiger charge is -2.30. The van der Waals surface area contributed by atoms with Crippen LogP contribution in [0.3, 0.4) is 0 Å². The summed E-state index contributed by atoms with van der Waals surface area (Å²) in [4.78, 5) is 38.7. The molecule has 1 saturated carbocycles. The first-order chi connectivity index (χ1) is 15.1. The fraction of sp³-hybridized carbons (Fsp3) is 0.375. The molecule has 31 heavy (non-hydrogen) atoms. The van der Waals surface area contributed by atoms with E-state index in [2.05, 4.69) is 10.6 Å². The molecule has 7 nitrogen and oxygen atoms in total. The third-order valence-electron chi connectivity index (χ3n) is 6.47. The van der Waals surface area contributed by atoms with E-state index < -0.39 is 0 Å². The number of benzene rings is 2. The number of fused-ring (bicyclic) bond motifs is 2. The van der Waals surface area contributed by atoms with Gasteiger partial charge in [-0.15, -0.1) is 0 Å². The number of anilines is 2. The normalized spacial score (nSPS) is 22.3. The Balaban J connectivity index is 1.13. The predicted molar refractivity (Wildman–Crippen MR) is 116 cm³/mol. The number of rotatable bonds is 4. The Labute approximate surface area is 180 Å². The molecule has 0 unspecified atom stereocenters. The average molecular weight is 419 g/mol. The fourth-order valence-corrected chi connectivity index (χ4v) is 4.78. The molecule has 1 aliphatic carbocycles. The van der Waals surface area contributed by atoms with E-state index in [1.807, 2.05) is 29.2 Å². The van der Waals surface area contributed by atoms with Crippen LogP contribution in [0.1, 0.15) is 41.6 Å². The summed E-state index contributed by atoms with van der Waals surface area (Å²) in [6.07, 6.45) is 3.53. The third kappa shape index (κ3) is 4.00. The van der Waals surface area contributed by atoms with Crippen LogP contribution < -0.4 is 15.4 Å². The van der Waals surface area contributed by atoms with E-state index in [0.29, 0.717) is 29.6 Å². The molecule has 3 amide bonds. The summed E-state index contributed by atoms with van der Waals surface area (Å²) >= 11 is 0. The van der Waals surface area contributed by atoms with Gasteiger partial charge in [0.25, 0.3) is 11.8 Å². The van der Waals surface area contributed by atoms with Gasteiger partial charge in [-0.1, -0.05) is 18.2 Å². The maximum atomic E-state index is 12.8. The van der Waals surface area contributed by atoms with E-state index in [4.69, 9.17) is 4.74 Å². The molecule has 2 heterocycles. The summed E-state index contributed by atoms with van der Waals surface area (Å²) in [5.41, 5.74) is 3.22. The first-order valence-electron chi connectivity index (χ1n) is 10.8. The van der Waals surface area contributed by atoms with E-state index in [-0.39, 0.29) is 30.2 Å². The number of ether oxygens (including phenoxy) is 1. The first kappa shape index (κ1) is 19.6. The zero-order valence-corrected chi connectivity index (χ0v) is 17.2. The number of carbonyl (C=O) groups is 3. The van der Waals surface area contributed by atoms with Gasteiger partial charge in [0.15, 0.2) is 6.61 Å². The van der Waals surface area contributed by atoms with Gasteiger partial charge >= 0.3 is 0 Å². The van der Waals surface area contributed by atoms with Crippen molar-refractivity contribution < 1.29 is 19.1 Å². The van der Waals surface area contributed by atoms with Gasteiger partial charge in [-0.2, -0.15) is 0 Å². The third-order valence-corrected chi connectivity index (χ3v) is 6.47. The highest BCUT2D eigenvalue weighted by Gasteiger charge is 2.32. The molecule has 0 aromatic heterocycles. The molecule has 0 saturated heterocycles. The molecular formula is C24H25N3O4. The van der Waals surface area contributed by atoms with E-state index >= 15 is 0 Å². The lowest BCUT2D eigenvalue weighted by molar-refractivity contribution is -0.121. The maximum Gasteiger partial charge on any atom is 0.262 e. The smallest absolute Gasteiger partial charge is 0.262 e. The van der Waals surface area contributed by atoms with Crippen LogP contribution >= 0.6 is 0 Å². The van der Waals surface area contributed by atoms with Gasteiger partial charge in [0.2, 0.25) is 5.91 Å². The Kier molecular flexibility index (Phi) is 5.10. The molecular weight excluding hydrogens is 394 g/mol. The van der Waals surface area contributed by atoms with Crippen LogP contribution in [-0.2, 0) is 16.1 Å². The van der Waals surface area contributed by atoms with Gasteiger partial charge in [-0.25, -0.2) is 0 Å². The fourth-order valence-electron chi connectivity index (χ4n) is 4.78. The molecule has 2 aromatic carbocycles. The lowest BCUT2D eigenvalue weighted by atomic mass is 9.81. The maximum absolute atomic E-state index is 12.8. The summed E-state index contributed by atoms with van der Waals surface area (Å²) < 4.78 is 5.42. The molecule has 7 heteroatoms. The molecule has 160 valence electrons. The van der Waals surface area contributed by atoms with Crippen molar-refractivity contribution in [2.75, 3.05) is 23.8 Å². The number of hydrogen-bond acceptors (Lipinski definition) is 4. The minimum atomic E-state index is -0.180. The molecule has 0 atom stereocenters. The quantitative estimate of drug-likeness (QED) is 0.795. The van der Waals surface area contributed by atoms with E-state index in [1.165, 1.54) is 0 Å². The summed E-state index contributed by atoms with van der Waals surface area (Å²) in [6.45, 7) is 1.44. The second kappa shape index (κ2) is 8.06. The molecule has 2 N–H and O–H groups in total. The molecule has 0 spiro atoms. The van der Waals surface area contributed by atoms with Gasteiger partial charge in [0, 0.05) is 36.3 Å². The monoisotopic (exact) mass is 419 g/mol. The van der Waals surface area contributed by atoms with Gasteiger partial charge in [-0.3, -0.25) is 14.4 Å². The zero-order valence-electron chi connectivity index (χ0n) is 17.2. The largest absolute Gasteiger partial charge is 0.482 e. The zero-order chi connectivity index (χ0) is 21.4. The van der Waals surface area contributed by atoms with Gasteiger partial charge in [-0.05, 0) is 55.4 Å². The number of amides is 3. The Bertz CT molecular complexity index is 1040. The van der Waals surface area contributed by atoms with Gasteiger partial charge < -0.3 is 20.3 Å². The Hall–Kier alpha value is -3.35. The highest BCUT2D eigenvalue weighted by atomic mass is 16.5. The van der Waals surface area contributed by atoms with Crippen LogP contribution in [0.4, 0.5) is 11.4 Å². The molecule has 0 bridgehead atoms.